The molecular formula is C11H9Cl2FN4. The predicted molar refractivity (Wildman–Crippen MR) is 68.9 cm³/mol. The van der Waals surface area contributed by atoms with Gasteiger partial charge < -0.3 is 4.90 Å². The molecule has 0 N–H and O–H groups in total. The monoisotopic (exact) mass is 286 g/mol. The van der Waals surface area contributed by atoms with E-state index in [2.05, 4.69) is 15.0 Å². The first-order valence-corrected chi connectivity index (χ1v) is 6.27. The second-order valence-corrected chi connectivity index (χ2v) is 4.88. The molecule has 0 radical (unpaired) electrons. The van der Waals surface area contributed by atoms with Crippen LogP contribution in [0.2, 0.25) is 10.4 Å². The quantitative estimate of drug-likeness (QED) is 0.597. The zero-order chi connectivity index (χ0) is 12.9. The molecule has 3 heterocycles. The van der Waals surface area contributed by atoms with Crippen LogP contribution in [0.1, 0.15) is 12.1 Å². The van der Waals surface area contributed by atoms with Gasteiger partial charge in [0.1, 0.15) is 11.3 Å². The van der Waals surface area contributed by atoms with Gasteiger partial charge in [-0.25, -0.2) is 14.4 Å². The fourth-order valence-corrected chi connectivity index (χ4v) is 2.40. The van der Waals surface area contributed by atoms with Crippen LogP contribution in [0, 0.1) is 12.7 Å². The summed E-state index contributed by atoms with van der Waals surface area (Å²) in [6.07, 6.45) is 1.09. The summed E-state index contributed by atoms with van der Waals surface area (Å²) in [5.41, 5.74) is 0.740. The maximum Gasteiger partial charge on any atom is 0.225 e. The highest BCUT2D eigenvalue weighted by molar-refractivity contribution is 6.31. The van der Waals surface area contributed by atoms with Crippen LogP contribution in [0.5, 0.6) is 0 Å². The molecule has 0 bridgehead atoms. The molecule has 0 atom stereocenters. The summed E-state index contributed by atoms with van der Waals surface area (Å²) in [4.78, 5) is 14.1. The topological polar surface area (TPSA) is 41.9 Å². The van der Waals surface area contributed by atoms with Gasteiger partial charge in [0, 0.05) is 13.1 Å². The number of hydrogen-bond donors (Lipinski definition) is 0. The Bertz CT molecular complexity index is 643. The number of nitrogens with zero attached hydrogens (tertiary/aromatic N) is 4. The van der Waals surface area contributed by atoms with E-state index in [0.717, 1.165) is 19.5 Å². The molecule has 7 heteroatoms. The van der Waals surface area contributed by atoms with Crippen molar-refractivity contribution in [3.05, 3.63) is 21.9 Å². The van der Waals surface area contributed by atoms with Crippen molar-refractivity contribution in [2.75, 3.05) is 18.0 Å². The van der Waals surface area contributed by atoms with E-state index in [1.165, 1.54) is 0 Å². The van der Waals surface area contributed by atoms with Crippen LogP contribution >= 0.6 is 23.2 Å². The number of pyridine rings is 1. The molecule has 18 heavy (non-hydrogen) atoms. The van der Waals surface area contributed by atoms with Gasteiger partial charge >= 0.3 is 0 Å². The first kappa shape index (κ1) is 11.9. The van der Waals surface area contributed by atoms with Crippen molar-refractivity contribution in [3.63, 3.8) is 0 Å². The van der Waals surface area contributed by atoms with Gasteiger partial charge in [0.05, 0.1) is 11.1 Å². The third-order valence-corrected chi connectivity index (χ3v) is 3.45. The molecule has 2 aromatic heterocycles. The van der Waals surface area contributed by atoms with E-state index in [1.54, 1.807) is 6.92 Å². The molecule has 1 aliphatic heterocycles. The smallest absolute Gasteiger partial charge is 0.225 e. The lowest BCUT2D eigenvalue weighted by Gasteiger charge is -2.33. The molecule has 0 saturated carbocycles. The Morgan fingerprint density at radius 3 is 2.50 bits per heavy atom. The van der Waals surface area contributed by atoms with Gasteiger partial charge in [-0.15, -0.1) is 0 Å². The number of hydrogen-bond acceptors (Lipinski definition) is 4. The lowest BCUT2D eigenvalue weighted by molar-refractivity contribution is 0.609. The van der Waals surface area contributed by atoms with Crippen molar-refractivity contribution in [3.8, 4) is 0 Å². The molecule has 2 aromatic rings. The van der Waals surface area contributed by atoms with E-state index >= 15 is 0 Å². The fourth-order valence-electron chi connectivity index (χ4n) is 2.02. The number of anilines is 1. The summed E-state index contributed by atoms with van der Waals surface area (Å²) in [6, 6.07) is 0. The van der Waals surface area contributed by atoms with Crippen LogP contribution in [-0.2, 0) is 0 Å². The van der Waals surface area contributed by atoms with Gasteiger partial charge in [-0.1, -0.05) is 11.6 Å². The van der Waals surface area contributed by atoms with Crippen molar-refractivity contribution in [1.82, 2.24) is 15.0 Å². The molecule has 0 amide bonds. The number of aromatic nitrogens is 3. The van der Waals surface area contributed by atoms with E-state index in [-0.39, 0.29) is 16.0 Å². The van der Waals surface area contributed by atoms with E-state index in [9.17, 15) is 4.39 Å². The maximum absolute atomic E-state index is 14.0. The first-order valence-electron chi connectivity index (χ1n) is 5.51. The normalized spacial score (nSPS) is 15.0. The van der Waals surface area contributed by atoms with Gasteiger partial charge in [-0.05, 0) is 24.9 Å². The Balaban J connectivity index is 2.38. The van der Waals surface area contributed by atoms with Crippen molar-refractivity contribution in [1.29, 1.82) is 0 Å². The minimum Gasteiger partial charge on any atom is -0.356 e. The first-order chi connectivity index (χ1) is 8.58. The van der Waals surface area contributed by atoms with Crippen molar-refractivity contribution < 1.29 is 4.39 Å². The summed E-state index contributed by atoms with van der Waals surface area (Å²) >= 11 is 11.6. The molecule has 0 spiro atoms. The van der Waals surface area contributed by atoms with Crippen molar-refractivity contribution >= 4 is 39.9 Å². The van der Waals surface area contributed by atoms with E-state index in [4.69, 9.17) is 23.2 Å². The zero-order valence-electron chi connectivity index (χ0n) is 9.54. The zero-order valence-corrected chi connectivity index (χ0v) is 11.1. The highest BCUT2D eigenvalue weighted by Crippen LogP contribution is 2.33. The summed E-state index contributed by atoms with van der Waals surface area (Å²) < 4.78 is 14.0. The summed E-state index contributed by atoms with van der Waals surface area (Å²) in [6.45, 7) is 3.52. The van der Waals surface area contributed by atoms with Gasteiger partial charge in [-0.2, -0.15) is 4.98 Å². The van der Waals surface area contributed by atoms with E-state index < -0.39 is 5.82 Å². The van der Waals surface area contributed by atoms with E-state index in [0.29, 0.717) is 16.9 Å². The van der Waals surface area contributed by atoms with Crippen LogP contribution in [-0.4, -0.2) is 28.0 Å². The molecular weight excluding hydrogens is 278 g/mol. The Labute approximate surface area is 113 Å². The van der Waals surface area contributed by atoms with E-state index in [1.807, 2.05) is 4.90 Å². The Morgan fingerprint density at radius 1 is 1.17 bits per heavy atom. The number of halogens is 3. The van der Waals surface area contributed by atoms with Crippen LogP contribution in [0.4, 0.5) is 10.2 Å². The Hall–Kier alpha value is -1.20. The molecule has 1 aliphatic rings. The van der Waals surface area contributed by atoms with Gasteiger partial charge in [0.2, 0.25) is 5.28 Å². The summed E-state index contributed by atoms with van der Waals surface area (Å²) in [5, 5.41) is 0.412. The SMILES string of the molecule is Cc1nc(Cl)c(F)c2nc(Cl)nc(N3CCC3)c12. The maximum atomic E-state index is 14.0. The highest BCUT2D eigenvalue weighted by Gasteiger charge is 2.23. The standard InChI is InChI=1S/C11H9Cl2FN4/c1-5-6-8(7(14)9(12)15-5)16-11(13)17-10(6)18-3-2-4-18/h2-4H2,1H3. The average Bonchev–Trinajstić information content (AvgIpc) is 2.22. The minimum atomic E-state index is -0.650. The minimum absolute atomic E-state index is 0.0185. The van der Waals surface area contributed by atoms with Crippen LogP contribution in [0.25, 0.3) is 10.9 Å². The third kappa shape index (κ3) is 1.69. The second-order valence-electron chi connectivity index (χ2n) is 4.18. The summed E-state index contributed by atoms with van der Waals surface area (Å²) in [5.74, 6) is -0.0137. The van der Waals surface area contributed by atoms with Gasteiger partial charge in [-0.3, -0.25) is 0 Å². The number of aryl methyl sites for hydroxylation is 1. The van der Waals surface area contributed by atoms with Crippen LogP contribution in [0.3, 0.4) is 0 Å². The third-order valence-electron chi connectivity index (χ3n) is 3.03. The van der Waals surface area contributed by atoms with Crippen molar-refractivity contribution in [2.24, 2.45) is 0 Å². The number of rotatable bonds is 1. The van der Waals surface area contributed by atoms with Crippen molar-refractivity contribution in [2.45, 2.75) is 13.3 Å². The average molecular weight is 287 g/mol. The lowest BCUT2D eigenvalue weighted by atomic mass is 10.1. The van der Waals surface area contributed by atoms with Gasteiger partial charge in [0.15, 0.2) is 11.0 Å². The molecule has 1 fully saturated rings. The second kappa shape index (κ2) is 4.17. The lowest BCUT2D eigenvalue weighted by Crippen LogP contribution is -2.38. The fraction of sp³-hybridized carbons (Fsp3) is 0.364. The molecule has 0 aromatic carbocycles. The molecule has 3 rings (SSSR count). The molecule has 4 nitrogen and oxygen atoms in total. The summed E-state index contributed by atoms with van der Waals surface area (Å²) in [7, 11) is 0. The number of fused-ring (bicyclic) bond motifs is 1. The Morgan fingerprint density at radius 2 is 1.89 bits per heavy atom. The van der Waals surface area contributed by atoms with Crippen LogP contribution in [0.15, 0.2) is 0 Å². The largest absolute Gasteiger partial charge is 0.356 e. The molecule has 94 valence electrons. The molecule has 1 saturated heterocycles. The molecule has 0 aliphatic carbocycles. The predicted octanol–water partition coefficient (Wildman–Crippen LogP) is 2.99. The van der Waals surface area contributed by atoms with Crippen LogP contribution < -0.4 is 4.90 Å². The molecule has 0 unspecified atom stereocenters. The Kier molecular flexibility index (Phi) is 2.75. The highest BCUT2D eigenvalue weighted by atomic mass is 35.5. The van der Waals surface area contributed by atoms with Gasteiger partial charge in [0.25, 0.3) is 0 Å².